The number of rotatable bonds is 9. The number of aromatic nitrogens is 6. The first-order valence-electron chi connectivity index (χ1n) is 18.3. The van der Waals surface area contributed by atoms with Crippen molar-refractivity contribution < 1.29 is 4.74 Å². The monoisotopic (exact) mass is 733 g/mol. The molecule has 9 rings (SSSR count). The number of ether oxygens (including phenoxy) is 1. The van der Waals surface area contributed by atoms with Crippen molar-refractivity contribution in [3.8, 4) is 91.0 Å². The second-order valence-electron chi connectivity index (χ2n) is 13.1. The molecule has 0 aliphatic heterocycles. The van der Waals surface area contributed by atoms with Crippen molar-refractivity contribution in [2.75, 3.05) is 0 Å². The zero-order valence-corrected chi connectivity index (χ0v) is 30.4. The Morgan fingerprint density at radius 3 is 1.07 bits per heavy atom. The molecule has 0 fully saturated rings. The fourth-order valence-corrected chi connectivity index (χ4v) is 6.44. The van der Waals surface area contributed by atoms with Gasteiger partial charge in [-0.2, -0.15) is 0 Å². The van der Waals surface area contributed by atoms with Gasteiger partial charge in [-0.25, -0.2) is 34.7 Å². The summed E-state index contributed by atoms with van der Waals surface area (Å²) in [6.45, 7) is 7.59. The lowest BCUT2D eigenvalue weighted by atomic mass is 10.0. The van der Waals surface area contributed by atoms with Gasteiger partial charge in [-0.1, -0.05) is 164 Å². The molecule has 0 aliphatic rings. The Bertz CT molecular complexity index is 2820. The molecule has 8 heteroatoms. The zero-order chi connectivity index (χ0) is 38.4. The van der Waals surface area contributed by atoms with Gasteiger partial charge in [0.1, 0.15) is 11.5 Å². The fraction of sp³-hybridized carbons (Fsp3) is 0. The van der Waals surface area contributed by atoms with Crippen molar-refractivity contribution in [1.29, 1.82) is 0 Å². The van der Waals surface area contributed by atoms with E-state index in [2.05, 4.69) is 4.85 Å². The van der Waals surface area contributed by atoms with Crippen LogP contribution in [0.2, 0.25) is 0 Å². The molecule has 7 aromatic carbocycles. The average Bonchev–Trinajstić information content (AvgIpc) is 3.30. The fourth-order valence-electron chi connectivity index (χ4n) is 6.44. The van der Waals surface area contributed by atoms with Crippen molar-refractivity contribution in [3.05, 3.63) is 199 Å². The van der Waals surface area contributed by atoms with Crippen LogP contribution in [-0.4, -0.2) is 29.9 Å². The number of para-hydroxylation sites is 1. The minimum Gasteiger partial charge on any atom is -0.457 e. The van der Waals surface area contributed by atoms with E-state index in [4.69, 9.17) is 41.2 Å². The third kappa shape index (κ3) is 7.63. The molecule has 0 N–H and O–H groups in total. The van der Waals surface area contributed by atoms with Gasteiger partial charge in [0.2, 0.25) is 0 Å². The molecule has 2 aromatic heterocycles. The Balaban J connectivity index is 1.05. The summed E-state index contributed by atoms with van der Waals surface area (Å²) in [6, 6.07) is 60.7. The maximum Gasteiger partial charge on any atom is 0.194 e. The first kappa shape index (κ1) is 34.6. The Morgan fingerprint density at radius 2 is 0.649 bits per heavy atom. The molecule has 0 saturated heterocycles. The Morgan fingerprint density at radius 1 is 0.316 bits per heavy atom. The van der Waals surface area contributed by atoms with Crippen molar-refractivity contribution >= 4 is 5.69 Å². The van der Waals surface area contributed by atoms with E-state index in [1.54, 1.807) is 0 Å². The van der Waals surface area contributed by atoms with E-state index in [9.17, 15) is 0 Å². The summed E-state index contributed by atoms with van der Waals surface area (Å²) in [7, 11) is 0. The molecular weight excluding hydrogens is 703 g/mol. The highest BCUT2D eigenvalue weighted by molar-refractivity contribution is 5.80. The van der Waals surface area contributed by atoms with Crippen LogP contribution in [0.4, 0.5) is 5.69 Å². The first-order valence-corrected chi connectivity index (χ1v) is 18.3. The van der Waals surface area contributed by atoms with Crippen LogP contribution < -0.4 is 4.74 Å². The number of hydrogen-bond acceptors (Lipinski definition) is 7. The van der Waals surface area contributed by atoms with Gasteiger partial charge in [-0.15, -0.1) is 0 Å². The maximum absolute atomic E-state index is 7.59. The minimum atomic E-state index is 0.507. The lowest BCUT2D eigenvalue weighted by Crippen LogP contribution is -2.00. The van der Waals surface area contributed by atoms with Crippen molar-refractivity contribution in [2.24, 2.45) is 0 Å². The van der Waals surface area contributed by atoms with Crippen LogP contribution in [0.3, 0.4) is 0 Å². The molecular formula is C49H31N7O. The Labute approximate surface area is 329 Å². The third-order valence-corrected chi connectivity index (χ3v) is 9.27. The molecule has 2 heterocycles. The highest BCUT2D eigenvalue weighted by atomic mass is 16.5. The summed E-state index contributed by atoms with van der Waals surface area (Å²) in [5.74, 6) is 4.54. The molecule has 9 aromatic rings. The summed E-state index contributed by atoms with van der Waals surface area (Å²) in [5.41, 5.74) is 7.49. The van der Waals surface area contributed by atoms with Crippen molar-refractivity contribution in [1.82, 2.24) is 29.9 Å². The van der Waals surface area contributed by atoms with Gasteiger partial charge in [0.15, 0.2) is 40.6 Å². The summed E-state index contributed by atoms with van der Waals surface area (Å²) >= 11 is 0. The molecule has 8 nitrogen and oxygen atoms in total. The van der Waals surface area contributed by atoms with Crippen molar-refractivity contribution in [3.63, 3.8) is 0 Å². The largest absolute Gasteiger partial charge is 0.457 e. The summed E-state index contributed by atoms with van der Waals surface area (Å²) in [5, 5.41) is 0. The number of hydrogen-bond donors (Lipinski definition) is 0. The Kier molecular flexibility index (Phi) is 9.52. The smallest absolute Gasteiger partial charge is 0.194 e. The van der Waals surface area contributed by atoms with E-state index in [0.717, 1.165) is 44.5 Å². The topological polar surface area (TPSA) is 90.9 Å². The number of nitrogens with zero attached hydrogens (tertiary/aromatic N) is 7. The highest BCUT2D eigenvalue weighted by Gasteiger charge is 2.16. The zero-order valence-electron chi connectivity index (χ0n) is 30.4. The van der Waals surface area contributed by atoms with Gasteiger partial charge in [0.05, 0.1) is 6.57 Å². The van der Waals surface area contributed by atoms with Gasteiger partial charge in [0.25, 0.3) is 0 Å². The van der Waals surface area contributed by atoms with E-state index < -0.39 is 0 Å². The van der Waals surface area contributed by atoms with Crippen LogP contribution in [-0.2, 0) is 0 Å². The van der Waals surface area contributed by atoms with Crippen LogP contribution >= 0.6 is 0 Å². The maximum atomic E-state index is 7.59. The molecule has 0 bridgehead atoms. The van der Waals surface area contributed by atoms with Gasteiger partial charge < -0.3 is 4.74 Å². The summed E-state index contributed by atoms with van der Waals surface area (Å²) in [4.78, 5) is 33.1. The normalized spacial score (nSPS) is 10.8. The second-order valence-corrected chi connectivity index (χ2v) is 13.1. The molecule has 0 aliphatic carbocycles. The van der Waals surface area contributed by atoms with Crippen LogP contribution in [0.15, 0.2) is 188 Å². The molecule has 0 radical (unpaired) electrons. The SMILES string of the molecule is [C-]#[N+]c1ccccc1-c1ccc(-c2nc(-c3ccccc3)nc(-c3cccc(Oc4cccc(-c5nc(-c6ccccc6)nc(-c6ccccc6)n5)c4)c3)n2)cc1. The highest BCUT2D eigenvalue weighted by Crippen LogP contribution is 2.34. The van der Waals surface area contributed by atoms with Crippen molar-refractivity contribution in [2.45, 2.75) is 0 Å². The predicted molar refractivity (Wildman–Crippen MR) is 224 cm³/mol. The molecule has 0 saturated carbocycles. The average molecular weight is 734 g/mol. The molecule has 0 unspecified atom stereocenters. The summed E-state index contributed by atoms with van der Waals surface area (Å²) < 4.78 is 6.47. The van der Waals surface area contributed by atoms with Crippen LogP contribution in [0.25, 0.3) is 84.3 Å². The van der Waals surface area contributed by atoms with E-state index in [1.807, 2.05) is 188 Å². The van der Waals surface area contributed by atoms with Crippen LogP contribution in [0.5, 0.6) is 11.5 Å². The molecule has 0 amide bonds. The lowest BCUT2D eigenvalue weighted by molar-refractivity contribution is 0.483. The van der Waals surface area contributed by atoms with Crippen LogP contribution in [0, 0.1) is 6.57 Å². The first-order chi connectivity index (χ1) is 28.2. The molecule has 268 valence electrons. The summed E-state index contributed by atoms with van der Waals surface area (Å²) in [6.07, 6.45) is 0. The minimum absolute atomic E-state index is 0.507. The predicted octanol–water partition coefficient (Wildman–Crippen LogP) is 12.1. The second kappa shape index (κ2) is 15.7. The Hall–Kier alpha value is -8.15. The van der Waals surface area contributed by atoms with E-state index in [-0.39, 0.29) is 0 Å². The van der Waals surface area contributed by atoms with E-state index in [1.165, 1.54) is 0 Å². The number of benzene rings is 7. The molecule has 0 atom stereocenters. The molecule has 0 spiro atoms. The van der Waals surface area contributed by atoms with E-state index in [0.29, 0.717) is 52.1 Å². The van der Waals surface area contributed by atoms with Gasteiger partial charge >= 0.3 is 0 Å². The van der Waals surface area contributed by atoms with E-state index >= 15 is 0 Å². The third-order valence-electron chi connectivity index (χ3n) is 9.27. The molecule has 57 heavy (non-hydrogen) atoms. The van der Waals surface area contributed by atoms with Gasteiger partial charge in [-0.05, 0) is 35.4 Å². The van der Waals surface area contributed by atoms with Crippen LogP contribution in [0.1, 0.15) is 0 Å². The van der Waals surface area contributed by atoms with Gasteiger partial charge in [0, 0.05) is 33.4 Å². The lowest BCUT2D eigenvalue weighted by Gasteiger charge is -2.12. The standard InChI is InChI=1S/C49H31N7O/c1-50-43-26-12-11-25-42(43)33-27-29-37(30-28-33)47-52-46(36-19-9-4-10-20-36)55-49(56-47)39-22-14-24-41(32-39)57-40-23-13-21-38(31-40)48-53-44(34-15-5-2-6-16-34)51-45(54-48)35-17-7-3-8-18-35/h2-32H. The quantitative estimate of drug-likeness (QED) is 0.136. The van der Waals surface area contributed by atoms with Gasteiger partial charge in [-0.3, -0.25) is 0 Å².